The largest absolute Gasteiger partial charge is 0.341 e. The fourth-order valence-electron chi connectivity index (χ4n) is 4.06. The third kappa shape index (κ3) is 4.29. The van der Waals surface area contributed by atoms with E-state index in [2.05, 4.69) is 38.8 Å². The summed E-state index contributed by atoms with van der Waals surface area (Å²) in [5, 5.41) is 0. The number of carbonyl (C=O) groups is 1. The maximum absolute atomic E-state index is 12.3. The number of amides is 1. The van der Waals surface area contributed by atoms with Crippen molar-refractivity contribution in [3.63, 3.8) is 0 Å². The molecule has 0 N–H and O–H groups in total. The van der Waals surface area contributed by atoms with Gasteiger partial charge >= 0.3 is 0 Å². The van der Waals surface area contributed by atoms with Crippen LogP contribution in [-0.2, 0) is 4.79 Å². The zero-order valence-electron chi connectivity index (χ0n) is 16.1. The normalized spacial score (nSPS) is 20.6. The van der Waals surface area contributed by atoms with Gasteiger partial charge in [0.25, 0.3) is 0 Å². The molecule has 25 heavy (non-hydrogen) atoms. The fourth-order valence-corrected chi connectivity index (χ4v) is 4.06. The van der Waals surface area contributed by atoms with E-state index in [1.54, 1.807) is 0 Å². The number of piperidine rings is 2. The molecule has 1 spiro atoms. The van der Waals surface area contributed by atoms with E-state index in [9.17, 15) is 4.79 Å². The van der Waals surface area contributed by atoms with E-state index >= 15 is 0 Å². The van der Waals surface area contributed by atoms with Crippen molar-refractivity contribution in [1.29, 1.82) is 0 Å². The lowest BCUT2D eigenvalue weighted by Gasteiger charge is -2.47. The highest BCUT2D eigenvalue weighted by molar-refractivity contribution is 5.77. The predicted octanol–water partition coefficient (Wildman–Crippen LogP) is 1.86. The molecule has 2 saturated heterocycles. The summed E-state index contributed by atoms with van der Waals surface area (Å²) in [6.45, 7) is 8.72. The minimum absolute atomic E-state index is 0.287. The van der Waals surface area contributed by atoms with Crippen LogP contribution >= 0.6 is 0 Å². The molecular weight excluding hydrogens is 314 g/mol. The van der Waals surface area contributed by atoms with Crippen molar-refractivity contribution in [3.05, 3.63) is 17.5 Å². The van der Waals surface area contributed by atoms with Gasteiger partial charge < -0.3 is 14.7 Å². The van der Waals surface area contributed by atoms with Crippen molar-refractivity contribution in [2.45, 2.75) is 39.5 Å². The molecule has 0 unspecified atom stereocenters. The number of rotatable bonds is 4. The Morgan fingerprint density at radius 3 is 2.36 bits per heavy atom. The van der Waals surface area contributed by atoms with Crippen LogP contribution in [0.4, 0.5) is 5.95 Å². The van der Waals surface area contributed by atoms with E-state index in [0.717, 1.165) is 69.3 Å². The molecule has 1 aromatic heterocycles. The zero-order valence-corrected chi connectivity index (χ0v) is 16.1. The second kappa shape index (κ2) is 7.28. The van der Waals surface area contributed by atoms with Gasteiger partial charge in [0.05, 0.1) is 0 Å². The number of hydrogen-bond acceptors (Lipinski definition) is 5. The maximum atomic E-state index is 12.3. The van der Waals surface area contributed by atoms with E-state index in [-0.39, 0.29) is 5.41 Å². The van der Waals surface area contributed by atoms with Crippen LogP contribution in [-0.4, -0.2) is 72.5 Å². The van der Waals surface area contributed by atoms with Gasteiger partial charge in [-0.3, -0.25) is 4.79 Å². The lowest BCUT2D eigenvalue weighted by molar-refractivity contribution is -0.138. The van der Waals surface area contributed by atoms with Crippen LogP contribution in [0.1, 0.15) is 37.1 Å². The second-order valence-corrected chi connectivity index (χ2v) is 8.06. The van der Waals surface area contributed by atoms with Crippen molar-refractivity contribution in [1.82, 2.24) is 19.8 Å². The Balaban J connectivity index is 1.63. The van der Waals surface area contributed by atoms with E-state index in [4.69, 9.17) is 0 Å². The van der Waals surface area contributed by atoms with Gasteiger partial charge in [0, 0.05) is 50.5 Å². The number of nitrogens with zero attached hydrogens (tertiary/aromatic N) is 5. The van der Waals surface area contributed by atoms with Crippen molar-refractivity contribution in [3.8, 4) is 0 Å². The molecular formula is C19H31N5O. The molecule has 0 saturated carbocycles. The monoisotopic (exact) mass is 345 g/mol. The summed E-state index contributed by atoms with van der Waals surface area (Å²) in [6, 6.07) is 2.02. The maximum Gasteiger partial charge on any atom is 0.225 e. The van der Waals surface area contributed by atoms with Crippen LogP contribution in [0.15, 0.2) is 6.07 Å². The Labute approximate surface area is 151 Å². The Kier molecular flexibility index (Phi) is 5.27. The summed E-state index contributed by atoms with van der Waals surface area (Å²) in [4.78, 5) is 28.0. The molecule has 0 aliphatic carbocycles. The average Bonchev–Trinajstić information content (AvgIpc) is 2.56. The van der Waals surface area contributed by atoms with E-state index < -0.39 is 0 Å². The van der Waals surface area contributed by atoms with E-state index in [1.807, 2.05) is 19.9 Å². The summed E-state index contributed by atoms with van der Waals surface area (Å²) in [7, 11) is 4.12. The van der Waals surface area contributed by atoms with Gasteiger partial charge in [-0.05, 0) is 58.7 Å². The van der Waals surface area contributed by atoms with Gasteiger partial charge in [-0.25, -0.2) is 9.97 Å². The van der Waals surface area contributed by atoms with Gasteiger partial charge in [0.2, 0.25) is 11.9 Å². The molecule has 0 bridgehead atoms. The van der Waals surface area contributed by atoms with Crippen molar-refractivity contribution in [2.24, 2.45) is 5.41 Å². The third-order valence-electron chi connectivity index (χ3n) is 5.64. The molecule has 6 nitrogen and oxygen atoms in total. The fraction of sp³-hybridized carbons (Fsp3) is 0.737. The molecule has 3 rings (SSSR count). The lowest BCUT2D eigenvalue weighted by atomic mass is 9.72. The third-order valence-corrected chi connectivity index (χ3v) is 5.64. The second-order valence-electron chi connectivity index (χ2n) is 8.06. The summed E-state index contributed by atoms with van der Waals surface area (Å²) >= 11 is 0. The van der Waals surface area contributed by atoms with Crippen molar-refractivity contribution >= 4 is 11.9 Å². The zero-order chi connectivity index (χ0) is 18.0. The van der Waals surface area contributed by atoms with Crippen LogP contribution in [0, 0.1) is 19.3 Å². The van der Waals surface area contributed by atoms with Crippen LogP contribution < -0.4 is 4.90 Å². The number of anilines is 1. The molecule has 3 heterocycles. The van der Waals surface area contributed by atoms with Crippen LogP contribution in [0.25, 0.3) is 0 Å². The minimum Gasteiger partial charge on any atom is -0.341 e. The number of likely N-dealkylation sites (tertiary alicyclic amines) is 1. The summed E-state index contributed by atoms with van der Waals surface area (Å²) in [6.07, 6.45) is 3.98. The lowest BCUT2D eigenvalue weighted by Crippen LogP contribution is -2.52. The molecule has 2 fully saturated rings. The molecule has 0 aromatic carbocycles. The van der Waals surface area contributed by atoms with Gasteiger partial charge in [-0.2, -0.15) is 0 Å². The highest BCUT2D eigenvalue weighted by atomic mass is 16.2. The summed E-state index contributed by atoms with van der Waals surface area (Å²) in [5.74, 6) is 1.19. The van der Waals surface area contributed by atoms with Gasteiger partial charge in [-0.15, -0.1) is 0 Å². The number of carbonyl (C=O) groups excluding carboxylic acids is 1. The minimum atomic E-state index is 0.287. The Bertz CT molecular complexity index is 602. The SMILES string of the molecule is Cc1cc(C)nc(N2CCC3(CCC(=O)N(CCN(C)C)C3)CC2)n1. The number of aryl methyl sites for hydroxylation is 2. The predicted molar refractivity (Wildman–Crippen MR) is 99.8 cm³/mol. The molecule has 2 aliphatic heterocycles. The highest BCUT2D eigenvalue weighted by Gasteiger charge is 2.41. The highest BCUT2D eigenvalue weighted by Crippen LogP contribution is 2.40. The standard InChI is InChI=1S/C19H31N5O/c1-15-13-16(2)21-18(20-15)23-9-7-19(8-10-23)6-5-17(25)24(14-19)12-11-22(3)4/h13H,5-12,14H2,1-4H3. The van der Waals surface area contributed by atoms with Crippen LogP contribution in [0.5, 0.6) is 0 Å². The molecule has 138 valence electrons. The first kappa shape index (κ1) is 18.1. The molecule has 2 aliphatic rings. The smallest absolute Gasteiger partial charge is 0.225 e. The summed E-state index contributed by atoms with van der Waals surface area (Å²) < 4.78 is 0. The Hall–Kier alpha value is -1.69. The first-order valence-electron chi connectivity index (χ1n) is 9.37. The Morgan fingerprint density at radius 2 is 1.76 bits per heavy atom. The summed E-state index contributed by atoms with van der Waals surface area (Å²) in [5.41, 5.74) is 2.34. The van der Waals surface area contributed by atoms with Crippen LogP contribution in [0.2, 0.25) is 0 Å². The molecule has 1 aromatic rings. The number of aromatic nitrogens is 2. The Morgan fingerprint density at radius 1 is 1.12 bits per heavy atom. The van der Waals surface area contributed by atoms with Crippen molar-refractivity contribution in [2.75, 3.05) is 51.7 Å². The van der Waals surface area contributed by atoms with Gasteiger partial charge in [-0.1, -0.05) is 0 Å². The topological polar surface area (TPSA) is 52.6 Å². The quantitative estimate of drug-likeness (QED) is 0.834. The molecule has 0 radical (unpaired) electrons. The van der Waals surface area contributed by atoms with Crippen molar-refractivity contribution < 1.29 is 4.79 Å². The number of likely N-dealkylation sites (N-methyl/N-ethyl adjacent to an activating group) is 1. The first-order chi connectivity index (χ1) is 11.9. The molecule has 1 amide bonds. The first-order valence-corrected chi connectivity index (χ1v) is 9.37. The van der Waals surface area contributed by atoms with E-state index in [0.29, 0.717) is 12.3 Å². The van der Waals surface area contributed by atoms with Gasteiger partial charge in [0.15, 0.2) is 0 Å². The van der Waals surface area contributed by atoms with E-state index in [1.165, 1.54) is 0 Å². The van der Waals surface area contributed by atoms with Gasteiger partial charge in [0.1, 0.15) is 0 Å². The molecule has 6 heteroatoms. The molecule has 0 atom stereocenters. The van der Waals surface area contributed by atoms with Crippen LogP contribution in [0.3, 0.4) is 0 Å². The number of hydrogen-bond donors (Lipinski definition) is 0. The average molecular weight is 345 g/mol.